The van der Waals surface area contributed by atoms with E-state index in [1.807, 2.05) is 0 Å². The number of nitrogens with zero attached hydrogens (tertiary/aromatic N) is 1. The topological polar surface area (TPSA) is 24.5 Å². The average Bonchev–Trinajstić information content (AvgIpc) is 2.48. The molecule has 1 aliphatic heterocycles. The Kier molecular flexibility index (Phi) is 6.22. The molecule has 1 saturated heterocycles. The zero-order valence-electron chi connectivity index (χ0n) is 13.9. The largest absolute Gasteiger partial charge is 0.380 e. The molecule has 2 rings (SSSR count). The molecule has 118 valence electrons. The van der Waals surface area contributed by atoms with Gasteiger partial charge in [0.15, 0.2) is 0 Å². The molecule has 0 aliphatic carbocycles. The van der Waals surface area contributed by atoms with Crippen LogP contribution in [0.15, 0.2) is 24.3 Å². The van der Waals surface area contributed by atoms with E-state index in [1.165, 1.54) is 30.5 Å². The molecular weight excluding hydrogens is 260 g/mol. The van der Waals surface area contributed by atoms with Gasteiger partial charge in [0, 0.05) is 19.2 Å². The lowest BCUT2D eigenvalue weighted by Gasteiger charge is -2.44. The van der Waals surface area contributed by atoms with Crippen LogP contribution in [-0.2, 0) is 11.3 Å². The predicted octanol–water partition coefficient (Wildman–Crippen LogP) is 3.21. The molecule has 3 nitrogen and oxygen atoms in total. The van der Waals surface area contributed by atoms with Crippen LogP contribution in [0.1, 0.15) is 43.9 Å². The van der Waals surface area contributed by atoms with E-state index in [2.05, 4.69) is 55.4 Å². The average molecular weight is 290 g/mol. The van der Waals surface area contributed by atoms with Crippen molar-refractivity contribution < 1.29 is 4.74 Å². The zero-order valence-corrected chi connectivity index (χ0v) is 13.9. The van der Waals surface area contributed by atoms with Crippen molar-refractivity contribution in [3.05, 3.63) is 35.4 Å². The molecule has 0 spiro atoms. The van der Waals surface area contributed by atoms with Gasteiger partial charge in [-0.3, -0.25) is 4.90 Å². The van der Waals surface area contributed by atoms with E-state index in [-0.39, 0.29) is 0 Å². The smallest absolute Gasteiger partial charge is 0.0713 e. The first-order chi connectivity index (χ1) is 10.2. The van der Waals surface area contributed by atoms with E-state index in [1.54, 1.807) is 7.11 Å². The first-order valence-electron chi connectivity index (χ1n) is 8.15. The molecule has 1 fully saturated rings. The predicted molar refractivity (Wildman–Crippen MR) is 88.4 cm³/mol. The van der Waals surface area contributed by atoms with Crippen molar-refractivity contribution in [2.45, 2.75) is 45.4 Å². The monoisotopic (exact) mass is 290 g/mol. The number of likely N-dealkylation sites (tertiary alicyclic amines) is 1. The number of hydrogen-bond donors (Lipinski definition) is 1. The summed E-state index contributed by atoms with van der Waals surface area (Å²) in [6, 6.07) is 10.0. The third kappa shape index (κ3) is 4.06. The Hall–Kier alpha value is -0.900. The summed E-state index contributed by atoms with van der Waals surface area (Å²) in [5.74, 6) is 0.684. The maximum atomic E-state index is 5.29. The third-order valence-corrected chi connectivity index (χ3v) is 4.53. The number of hydrogen-bond acceptors (Lipinski definition) is 3. The molecule has 2 atom stereocenters. The highest BCUT2D eigenvalue weighted by Gasteiger charge is 2.33. The van der Waals surface area contributed by atoms with Crippen molar-refractivity contribution in [3.8, 4) is 0 Å². The van der Waals surface area contributed by atoms with Gasteiger partial charge >= 0.3 is 0 Å². The van der Waals surface area contributed by atoms with E-state index in [9.17, 15) is 0 Å². The number of ether oxygens (including phenoxy) is 1. The second-order valence-corrected chi connectivity index (χ2v) is 6.41. The molecule has 3 heteroatoms. The minimum atomic E-state index is 0.517. The second-order valence-electron chi connectivity index (χ2n) is 6.41. The van der Waals surface area contributed by atoms with E-state index in [0.717, 1.165) is 6.54 Å². The summed E-state index contributed by atoms with van der Waals surface area (Å²) in [5.41, 5.74) is 2.71. The van der Waals surface area contributed by atoms with Crippen LogP contribution in [-0.4, -0.2) is 38.2 Å². The van der Waals surface area contributed by atoms with Crippen molar-refractivity contribution >= 4 is 0 Å². The molecule has 0 aromatic heterocycles. The molecule has 21 heavy (non-hydrogen) atoms. The van der Waals surface area contributed by atoms with Crippen LogP contribution in [0.3, 0.4) is 0 Å². The molecular formula is C18H30N2O. The van der Waals surface area contributed by atoms with Crippen molar-refractivity contribution in [1.82, 2.24) is 10.2 Å². The van der Waals surface area contributed by atoms with Crippen LogP contribution in [0, 0.1) is 5.92 Å². The normalized spacial score (nSPS) is 23.7. The fourth-order valence-electron chi connectivity index (χ4n) is 3.66. The van der Waals surface area contributed by atoms with Crippen LogP contribution >= 0.6 is 0 Å². The summed E-state index contributed by atoms with van der Waals surface area (Å²) >= 11 is 0. The van der Waals surface area contributed by atoms with Gasteiger partial charge in [-0.15, -0.1) is 0 Å². The lowest BCUT2D eigenvalue weighted by atomic mass is 9.83. The standard InChI is InChI=1S/C18H30N2O/c1-14(2)20-10-6-9-17(12-19-3)18(20)16-8-5-7-15(11-16)13-21-4/h5,7-8,11,14,17-19H,6,9-10,12-13H2,1-4H3. The molecule has 1 aliphatic rings. The molecule has 1 aromatic carbocycles. The SMILES string of the molecule is CNCC1CCCN(C(C)C)C1c1cccc(COC)c1. The lowest BCUT2D eigenvalue weighted by molar-refractivity contribution is 0.0634. The molecule has 0 bridgehead atoms. The van der Waals surface area contributed by atoms with Gasteiger partial charge in [0.25, 0.3) is 0 Å². The van der Waals surface area contributed by atoms with E-state index < -0.39 is 0 Å². The molecule has 1 N–H and O–H groups in total. The molecule has 0 radical (unpaired) electrons. The Morgan fingerprint density at radius 1 is 1.38 bits per heavy atom. The number of methoxy groups -OCH3 is 1. The van der Waals surface area contributed by atoms with Gasteiger partial charge in [-0.05, 0) is 63.9 Å². The minimum absolute atomic E-state index is 0.517. The zero-order chi connectivity index (χ0) is 15.2. The van der Waals surface area contributed by atoms with Crippen LogP contribution in [0.2, 0.25) is 0 Å². The second kappa shape index (κ2) is 7.92. The number of nitrogens with one attached hydrogen (secondary N) is 1. The van der Waals surface area contributed by atoms with Gasteiger partial charge in [0.05, 0.1) is 6.61 Å². The van der Waals surface area contributed by atoms with Gasteiger partial charge in [0.2, 0.25) is 0 Å². The summed E-state index contributed by atoms with van der Waals surface area (Å²) < 4.78 is 5.29. The highest BCUT2D eigenvalue weighted by molar-refractivity contribution is 5.27. The highest BCUT2D eigenvalue weighted by atomic mass is 16.5. The first-order valence-corrected chi connectivity index (χ1v) is 8.15. The van der Waals surface area contributed by atoms with Gasteiger partial charge in [-0.1, -0.05) is 24.3 Å². The maximum absolute atomic E-state index is 5.29. The Balaban J connectivity index is 2.30. The van der Waals surface area contributed by atoms with Crippen LogP contribution < -0.4 is 5.32 Å². The lowest BCUT2D eigenvalue weighted by Crippen LogP contribution is -2.45. The summed E-state index contributed by atoms with van der Waals surface area (Å²) in [6.07, 6.45) is 2.61. The molecule has 0 saturated carbocycles. The number of rotatable bonds is 6. The summed E-state index contributed by atoms with van der Waals surface area (Å²) in [4.78, 5) is 2.66. The van der Waals surface area contributed by atoms with E-state index in [4.69, 9.17) is 4.74 Å². The summed E-state index contributed by atoms with van der Waals surface area (Å²) in [6.45, 7) is 7.61. The summed E-state index contributed by atoms with van der Waals surface area (Å²) in [7, 11) is 3.82. The third-order valence-electron chi connectivity index (χ3n) is 4.53. The van der Waals surface area contributed by atoms with E-state index >= 15 is 0 Å². The quantitative estimate of drug-likeness (QED) is 0.870. The number of benzene rings is 1. The molecule has 2 unspecified atom stereocenters. The van der Waals surface area contributed by atoms with Crippen LogP contribution in [0.25, 0.3) is 0 Å². The fourth-order valence-corrected chi connectivity index (χ4v) is 3.66. The maximum Gasteiger partial charge on any atom is 0.0713 e. The molecule has 0 amide bonds. The van der Waals surface area contributed by atoms with Crippen molar-refractivity contribution in [2.24, 2.45) is 5.92 Å². The first kappa shape index (κ1) is 16.5. The van der Waals surface area contributed by atoms with Crippen molar-refractivity contribution in [1.29, 1.82) is 0 Å². The van der Waals surface area contributed by atoms with Gasteiger partial charge < -0.3 is 10.1 Å². The van der Waals surface area contributed by atoms with Gasteiger partial charge in [0.1, 0.15) is 0 Å². The van der Waals surface area contributed by atoms with E-state index in [0.29, 0.717) is 24.6 Å². The molecule has 1 heterocycles. The number of piperidine rings is 1. The molecule has 1 aromatic rings. The Morgan fingerprint density at radius 2 is 2.19 bits per heavy atom. The Bertz CT molecular complexity index is 431. The van der Waals surface area contributed by atoms with Crippen molar-refractivity contribution in [2.75, 3.05) is 27.2 Å². The summed E-state index contributed by atoms with van der Waals surface area (Å²) in [5, 5.41) is 3.39. The fraction of sp³-hybridized carbons (Fsp3) is 0.667. The highest BCUT2D eigenvalue weighted by Crippen LogP contribution is 2.37. The van der Waals surface area contributed by atoms with Gasteiger partial charge in [-0.25, -0.2) is 0 Å². The minimum Gasteiger partial charge on any atom is -0.380 e. The Labute approximate surface area is 129 Å². The van der Waals surface area contributed by atoms with Gasteiger partial charge in [-0.2, -0.15) is 0 Å². The van der Waals surface area contributed by atoms with Crippen LogP contribution in [0.5, 0.6) is 0 Å². The van der Waals surface area contributed by atoms with Crippen molar-refractivity contribution in [3.63, 3.8) is 0 Å². The Morgan fingerprint density at radius 3 is 2.86 bits per heavy atom. The van der Waals surface area contributed by atoms with Crippen LogP contribution in [0.4, 0.5) is 0 Å².